The average molecular weight is 328 g/mol. The number of H-pyrrole nitrogens is 1. The lowest BCUT2D eigenvalue weighted by Gasteiger charge is -2.32. The Labute approximate surface area is 139 Å². The van der Waals surface area contributed by atoms with E-state index in [0.29, 0.717) is 0 Å². The maximum Gasteiger partial charge on any atom is 0.316 e. The van der Waals surface area contributed by atoms with Crippen LogP contribution in [0.25, 0.3) is 0 Å². The summed E-state index contributed by atoms with van der Waals surface area (Å²) in [5, 5.41) is 11.2. The van der Waals surface area contributed by atoms with Crippen molar-refractivity contribution in [1.29, 1.82) is 0 Å². The number of amides is 2. The van der Waals surface area contributed by atoms with Crippen LogP contribution in [0.1, 0.15) is 18.4 Å². The molecule has 0 aliphatic carbocycles. The topological polar surface area (TPSA) is 103 Å². The second kappa shape index (κ2) is 7.69. The van der Waals surface area contributed by atoms with E-state index in [0.717, 1.165) is 32.5 Å². The molecule has 3 N–H and O–H groups in total. The van der Waals surface area contributed by atoms with Crippen LogP contribution in [-0.2, 0) is 16.1 Å². The summed E-state index contributed by atoms with van der Waals surface area (Å²) in [7, 11) is 0. The van der Waals surface area contributed by atoms with Crippen LogP contribution in [0, 0.1) is 0 Å². The van der Waals surface area contributed by atoms with Gasteiger partial charge in [-0.1, -0.05) is 30.3 Å². The molecule has 1 saturated heterocycles. The fourth-order valence-corrected chi connectivity index (χ4v) is 2.76. The van der Waals surface area contributed by atoms with Gasteiger partial charge in [0.05, 0.1) is 0 Å². The highest BCUT2D eigenvalue weighted by atomic mass is 16.2. The third-order valence-electron chi connectivity index (χ3n) is 4.02. The van der Waals surface area contributed by atoms with Crippen molar-refractivity contribution in [2.45, 2.75) is 25.4 Å². The molecule has 2 aromatic rings. The molecule has 1 fully saturated rings. The summed E-state index contributed by atoms with van der Waals surface area (Å²) in [6, 6.07) is 10.3. The minimum atomic E-state index is -0.738. The number of hydrogen-bond donors (Lipinski definition) is 3. The number of hydrogen-bond acceptors (Lipinski definition) is 5. The Morgan fingerprint density at radius 1 is 1.17 bits per heavy atom. The third kappa shape index (κ3) is 4.39. The Balaban J connectivity index is 1.41. The molecule has 8 nitrogen and oxygen atoms in total. The predicted octanol–water partition coefficient (Wildman–Crippen LogP) is 0.524. The molecule has 24 heavy (non-hydrogen) atoms. The molecular weight excluding hydrogens is 308 g/mol. The van der Waals surface area contributed by atoms with Crippen LogP contribution in [0.5, 0.6) is 0 Å². The first kappa shape index (κ1) is 16.1. The minimum absolute atomic E-state index is 0.0185. The Bertz CT molecular complexity index is 665. The van der Waals surface area contributed by atoms with E-state index < -0.39 is 11.8 Å². The quantitative estimate of drug-likeness (QED) is 0.710. The van der Waals surface area contributed by atoms with E-state index in [9.17, 15) is 9.59 Å². The standard InChI is InChI=1S/C16H20N6O2/c23-14(15(24)20-16-17-11-18-21-16)19-13-6-8-22(9-7-13)10-12-4-2-1-3-5-12/h1-5,11,13H,6-10H2,(H,19,23)(H2,17,18,20,21,24). The Morgan fingerprint density at radius 3 is 2.58 bits per heavy atom. The van der Waals surface area contributed by atoms with E-state index in [-0.39, 0.29) is 12.0 Å². The van der Waals surface area contributed by atoms with Crippen LogP contribution in [-0.4, -0.2) is 51.0 Å². The van der Waals surface area contributed by atoms with E-state index in [1.807, 2.05) is 18.2 Å². The maximum atomic E-state index is 11.9. The number of rotatable bonds is 4. The number of benzene rings is 1. The molecule has 3 rings (SSSR count). The molecule has 1 aromatic heterocycles. The van der Waals surface area contributed by atoms with E-state index >= 15 is 0 Å². The number of anilines is 1. The summed E-state index contributed by atoms with van der Waals surface area (Å²) >= 11 is 0. The van der Waals surface area contributed by atoms with Crippen molar-refractivity contribution < 1.29 is 9.59 Å². The first-order valence-corrected chi connectivity index (χ1v) is 7.94. The number of aromatic nitrogens is 3. The van der Waals surface area contributed by atoms with Gasteiger partial charge in [-0.2, -0.15) is 10.1 Å². The number of likely N-dealkylation sites (tertiary alicyclic amines) is 1. The van der Waals surface area contributed by atoms with Crippen molar-refractivity contribution in [3.8, 4) is 0 Å². The summed E-state index contributed by atoms with van der Waals surface area (Å²) in [6.07, 6.45) is 2.91. The average Bonchev–Trinajstić information content (AvgIpc) is 3.10. The molecule has 0 bridgehead atoms. The third-order valence-corrected chi connectivity index (χ3v) is 4.02. The lowest BCUT2D eigenvalue weighted by molar-refractivity contribution is -0.136. The molecule has 126 valence electrons. The van der Waals surface area contributed by atoms with Gasteiger partial charge < -0.3 is 5.32 Å². The van der Waals surface area contributed by atoms with Crippen LogP contribution in [0.3, 0.4) is 0 Å². The van der Waals surface area contributed by atoms with Gasteiger partial charge in [-0.25, -0.2) is 5.10 Å². The zero-order chi connectivity index (χ0) is 16.8. The fraction of sp³-hybridized carbons (Fsp3) is 0.375. The van der Waals surface area contributed by atoms with Crippen LogP contribution < -0.4 is 10.6 Å². The number of carbonyl (C=O) groups excluding carboxylic acids is 2. The van der Waals surface area contributed by atoms with Crippen molar-refractivity contribution >= 4 is 17.8 Å². The molecule has 0 radical (unpaired) electrons. The van der Waals surface area contributed by atoms with Crippen molar-refractivity contribution in [3.05, 3.63) is 42.2 Å². The monoisotopic (exact) mass is 328 g/mol. The van der Waals surface area contributed by atoms with Crippen molar-refractivity contribution in [2.75, 3.05) is 18.4 Å². The summed E-state index contributed by atoms with van der Waals surface area (Å²) in [5.41, 5.74) is 1.28. The molecule has 1 aromatic carbocycles. The molecule has 0 atom stereocenters. The molecule has 0 saturated carbocycles. The van der Waals surface area contributed by atoms with Crippen molar-refractivity contribution in [1.82, 2.24) is 25.4 Å². The minimum Gasteiger partial charge on any atom is -0.345 e. The van der Waals surface area contributed by atoms with Gasteiger partial charge in [0, 0.05) is 25.7 Å². The van der Waals surface area contributed by atoms with Crippen molar-refractivity contribution in [2.24, 2.45) is 0 Å². The van der Waals surface area contributed by atoms with Gasteiger partial charge in [0.2, 0.25) is 5.95 Å². The van der Waals surface area contributed by atoms with E-state index in [2.05, 4.69) is 42.8 Å². The van der Waals surface area contributed by atoms with Gasteiger partial charge in [0.1, 0.15) is 6.33 Å². The maximum absolute atomic E-state index is 11.9. The second-order valence-corrected chi connectivity index (χ2v) is 5.80. The summed E-state index contributed by atoms with van der Waals surface area (Å²) in [4.78, 5) is 29.8. The van der Waals surface area contributed by atoms with Crippen LogP contribution in [0.2, 0.25) is 0 Å². The number of carbonyl (C=O) groups is 2. The van der Waals surface area contributed by atoms with Gasteiger partial charge >= 0.3 is 11.8 Å². The number of nitrogens with one attached hydrogen (secondary N) is 3. The molecule has 1 aliphatic heterocycles. The van der Waals surface area contributed by atoms with Crippen molar-refractivity contribution in [3.63, 3.8) is 0 Å². The molecule has 2 heterocycles. The fourth-order valence-electron chi connectivity index (χ4n) is 2.76. The van der Waals surface area contributed by atoms with Gasteiger partial charge in [-0.05, 0) is 18.4 Å². The normalized spacial score (nSPS) is 15.8. The molecule has 0 spiro atoms. The Kier molecular flexibility index (Phi) is 5.17. The SMILES string of the molecule is O=C(Nc1ncn[nH]1)C(=O)NC1CCN(Cc2ccccc2)CC1. The van der Waals surface area contributed by atoms with Gasteiger partial charge in [0.25, 0.3) is 0 Å². The zero-order valence-corrected chi connectivity index (χ0v) is 13.2. The lowest BCUT2D eigenvalue weighted by atomic mass is 10.0. The van der Waals surface area contributed by atoms with Crippen LogP contribution >= 0.6 is 0 Å². The lowest BCUT2D eigenvalue weighted by Crippen LogP contribution is -2.47. The largest absolute Gasteiger partial charge is 0.345 e. The van der Waals surface area contributed by atoms with E-state index in [1.54, 1.807) is 0 Å². The molecule has 8 heteroatoms. The number of piperidine rings is 1. The predicted molar refractivity (Wildman–Crippen MR) is 87.9 cm³/mol. The molecule has 1 aliphatic rings. The number of aromatic amines is 1. The second-order valence-electron chi connectivity index (χ2n) is 5.80. The zero-order valence-electron chi connectivity index (χ0n) is 13.2. The highest BCUT2D eigenvalue weighted by Crippen LogP contribution is 2.13. The van der Waals surface area contributed by atoms with E-state index in [4.69, 9.17) is 0 Å². The molecule has 2 amide bonds. The van der Waals surface area contributed by atoms with E-state index in [1.165, 1.54) is 11.9 Å². The Morgan fingerprint density at radius 2 is 1.92 bits per heavy atom. The molecular formula is C16H20N6O2. The molecule has 0 unspecified atom stereocenters. The summed E-state index contributed by atoms with van der Waals surface area (Å²) in [6.45, 7) is 2.70. The summed E-state index contributed by atoms with van der Waals surface area (Å²) in [5.74, 6) is -1.22. The van der Waals surface area contributed by atoms with Gasteiger partial charge in [-0.3, -0.25) is 19.8 Å². The first-order valence-electron chi connectivity index (χ1n) is 7.94. The van der Waals surface area contributed by atoms with Crippen LogP contribution in [0.15, 0.2) is 36.7 Å². The highest BCUT2D eigenvalue weighted by molar-refractivity contribution is 6.39. The van der Waals surface area contributed by atoms with Crippen LogP contribution in [0.4, 0.5) is 5.95 Å². The Hall–Kier alpha value is -2.74. The summed E-state index contributed by atoms with van der Waals surface area (Å²) < 4.78 is 0. The number of nitrogens with zero attached hydrogens (tertiary/aromatic N) is 3. The smallest absolute Gasteiger partial charge is 0.316 e. The van der Waals surface area contributed by atoms with Gasteiger partial charge in [-0.15, -0.1) is 0 Å². The highest BCUT2D eigenvalue weighted by Gasteiger charge is 2.23. The van der Waals surface area contributed by atoms with Gasteiger partial charge in [0.15, 0.2) is 0 Å². The first-order chi connectivity index (χ1) is 11.7.